The van der Waals surface area contributed by atoms with Crippen molar-refractivity contribution in [3.05, 3.63) is 28.5 Å². The molecule has 0 aromatic heterocycles. The fraction of sp³-hybridized carbons (Fsp3) is 0.455. The summed E-state index contributed by atoms with van der Waals surface area (Å²) >= 11 is 3.17. The van der Waals surface area contributed by atoms with Gasteiger partial charge in [0.05, 0.1) is 17.7 Å². The molecule has 0 heterocycles. The molecule has 18 heavy (non-hydrogen) atoms. The Hall–Kier alpha value is -0.820. The third-order valence-electron chi connectivity index (χ3n) is 1.85. The molecule has 2 nitrogen and oxygen atoms in total. The van der Waals surface area contributed by atoms with Gasteiger partial charge in [-0.15, -0.1) is 0 Å². The normalized spacial score (nSPS) is 11.6. The van der Waals surface area contributed by atoms with E-state index in [-0.39, 0.29) is 13.2 Å². The van der Waals surface area contributed by atoms with E-state index in [2.05, 4.69) is 20.7 Å². The summed E-state index contributed by atoms with van der Waals surface area (Å²) < 4.78 is 58.2. The number of benzene rings is 1. The van der Waals surface area contributed by atoms with E-state index >= 15 is 0 Å². The molecular formula is C11H11BrF4O2. The third-order valence-corrected chi connectivity index (χ3v) is 2.50. The van der Waals surface area contributed by atoms with Crippen molar-refractivity contribution in [2.45, 2.75) is 12.6 Å². The summed E-state index contributed by atoms with van der Waals surface area (Å²) in [6.45, 7) is -1.18. The van der Waals surface area contributed by atoms with Gasteiger partial charge in [0.1, 0.15) is 18.2 Å². The van der Waals surface area contributed by atoms with Crippen LogP contribution in [-0.4, -0.2) is 26.0 Å². The molecule has 0 unspecified atom stereocenters. The Bertz CT molecular complexity index is 382. The summed E-state index contributed by atoms with van der Waals surface area (Å²) in [6, 6.07) is 3.95. The zero-order valence-electron chi connectivity index (χ0n) is 9.27. The number of halogens is 5. The molecule has 0 spiro atoms. The zero-order chi connectivity index (χ0) is 13.6. The fourth-order valence-electron chi connectivity index (χ4n) is 1.12. The molecule has 0 atom stereocenters. The highest BCUT2D eigenvalue weighted by Gasteiger charge is 2.27. The average Bonchev–Trinajstić information content (AvgIpc) is 2.26. The Labute approximate surface area is 110 Å². The number of hydrogen-bond acceptors (Lipinski definition) is 2. The zero-order valence-corrected chi connectivity index (χ0v) is 10.9. The van der Waals surface area contributed by atoms with Gasteiger partial charge in [0.15, 0.2) is 0 Å². The van der Waals surface area contributed by atoms with Crippen molar-refractivity contribution in [2.75, 3.05) is 19.8 Å². The van der Waals surface area contributed by atoms with Gasteiger partial charge in [-0.1, -0.05) is 0 Å². The van der Waals surface area contributed by atoms with Gasteiger partial charge in [-0.25, -0.2) is 4.39 Å². The van der Waals surface area contributed by atoms with E-state index in [1.54, 1.807) is 0 Å². The monoisotopic (exact) mass is 330 g/mol. The molecule has 1 aromatic carbocycles. The van der Waals surface area contributed by atoms with Crippen molar-refractivity contribution >= 4 is 15.9 Å². The Morgan fingerprint density at radius 3 is 2.56 bits per heavy atom. The molecule has 0 radical (unpaired) electrons. The molecule has 0 aliphatic carbocycles. The molecule has 0 bridgehead atoms. The van der Waals surface area contributed by atoms with Crippen molar-refractivity contribution in [2.24, 2.45) is 0 Å². The molecule has 0 aliphatic heterocycles. The van der Waals surface area contributed by atoms with Crippen LogP contribution in [0.3, 0.4) is 0 Å². The lowest BCUT2D eigenvalue weighted by Crippen LogP contribution is -2.18. The molecule has 0 aliphatic rings. The third kappa shape index (κ3) is 6.20. The Kier molecular flexibility index (Phi) is 5.87. The van der Waals surface area contributed by atoms with E-state index in [1.807, 2.05) is 0 Å². The minimum atomic E-state index is -4.31. The van der Waals surface area contributed by atoms with E-state index in [0.717, 1.165) is 0 Å². The standard InChI is InChI=1S/C11H11BrF4O2/c12-9-3-2-8(13)6-10(9)18-5-1-4-17-7-11(14,15)16/h2-3,6H,1,4-5,7H2. The van der Waals surface area contributed by atoms with Crippen LogP contribution < -0.4 is 4.74 Å². The molecule has 1 aromatic rings. The Morgan fingerprint density at radius 2 is 1.89 bits per heavy atom. The highest BCUT2D eigenvalue weighted by atomic mass is 79.9. The minimum absolute atomic E-state index is 0.0631. The Morgan fingerprint density at radius 1 is 1.17 bits per heavy atom. The maximum absolute atomic E-state index is 12.9. The van der Waals surface area contributed by atoms with E-state index in [0.29, 0.717) is 16.6 Å². The molecule has 7 heteroatoms. The SMILES string of the molecule is Fc1ccc(Br)c(OCCCOCC(F)(F)F)c1. The number of ether oxygens (including phenoxy) is 2. The van der Waals surface area contributed by atoms with Crippen molar-refractivity contribution in [3.8, 4) is 5.75 Å². The van der Waals surface area contributed by atoms with Crippen LogP contribution in [0.1, 0.15) is 6.42 Å². The fourth-order valence-corrected chi connectivity index (χ4v) is 1.48. The maximum Gasteiger partial charge on any atom is 0.411 e. The van der Waals surface area contributed by atoms with Crippen molar-refractivity contribution in [1.29, 1.82) is 0 Å². The molecular weight excluding hydrogens is 320 g/mol. The van der Waals surface area contributed by atoms with Crippen LogP contribution in [0, 0.1) is 5.82 Å². The highest BCUT2D eigenvalue weighted by molar-refractivity contribution is 9.10. The molecule has 1 rings (SSSR count). The summed E-state index contributed by atoms with van der Waals surface area (Å²) in [5.41, 5.74) is 0. The van der Waals surface area contributed by atoms with Crippen molar-refractivity contribution in [1.82, 2.24) is 0 Å². The predicted molar refractivity (Wildman–Crippen MR) is 61.1 cm³/mol. The van der Waals surface area contributed by atoms with Gasteiger partial charge in [-0.2, -0.15) is 13.2 Å². The smallest absolute Gasteiger partial charge is 0.411 e. The van der Waals surface area contributed by atoms with Crippen LogP contribution in [-0.2, 0) is 4.74 Å². The highest BCUT2D eigenvalue weighted by Crippen LogP contribution is 2.25. The average molecular weight is 331 g/mol. The summed E-state index contributed by atoms with van der Waals surface area (Å²) in [7, 11) is 0. The Balaban J connectivity index is 2.20. The van der Waals surface area contributed by atoms with E-state index in [1.165, 1.54) is 18.2 Å². The van der Waals surface area contributed by atoms with Gasteiger partial charge >= 0.3 is 6.18 Å². The maximum atomic E-state index is 12.9. The van der Waals surface area contributed by atoms with Gasteiger partial charge in [-0.3, -0.25) is 0 Å². The van der Waals surface area contributed by atoms with Crippen LogP contribution in [0.15, 0.2) is 22.7 Å². The van der Waals surface area contributed by atoms with Crippen LogP contribution in [0.25, 0.3) is 0 Å². The van der Waals surface area contributed by atoms with Crippen LogP contribution in [0.2, 0.25) is 0 Å². The second-order valence-electron chi connectivity index (χ2n) is 3.44. The molecule has 0 saturated carbocycles. The summed E-state index contributed by atoms with van der Waals surface area (Å²) in [6.07, 6.45) is -4.02. The van der Waals surface area contributed by atoms with E-state index in [9.17, 15) is 17.6 Å². The molecule has 0 fully saturated rings. The first-order chi connectivity index (χ1) is 8.38. The molecule has 0 saturated heterocycles. The van der Waals surface area contributed by atoms with Crippen LogP contribution in [0.4, 0.5) is 17.6 Å². The number of hydrogen-bond donors (Lipinski definition) is 0. The van der Waals surface area contributed by atoms with Gasteiger partial charge in [0, 0.05) is 12.5 Å². The summed E-state index contributed by atoms with van der Waals surface area (Å²) in [5.74, 6) is -0.132. The lowest BCUT2D eigenvalue weighted by Gasteiger charge is -2.09. The van der Waals surface area contributed by atoms with E-state index in [4.69, 9.17) is 4.74 Å². The van der Waals surface area contributed by atoms with Crippen molar-refractivity contribution in [3.63, 3.8) is 0 Å². The first kappa shape index (κ1) is 15.2. The molecule has 0 amide bonds. The lowest BCUT2D eigenvalue weighted by molar-refractivity contribution is -0.174. The van der Waals surface area contributed by atoms with Crippen molar-refractivity contribution < 1.29 is 27.0 Å². The molecule has 0 N–H and O–H groups in total. The molecule has 102 valence electrons. The second-order valence-corrected chi connectivity index (χ2v) is 4.30. The summed E-state index contributed by atoms with van der Waals surface area (Å²) in [4.78, 5) is 0. The van der Waals surface area contributed by atoms with E-state index < -0.39 is 18.6 Å². The van der Waals surface area contributed by atoms with Gasteiger partial charge < -0.3 is 9.47 Å². The number of rotatable bonds is 6. The second kappa shape index (κ2) is 6.94. The van der Waals surface area contributed by atoms with Crippen LogP contribution in [0.5, 0.6) is 5.75 Å². The minimum Gasteiger partial charge on any atom is -0.492 e. The van der Waals surface area contributed by atoms with Gasteiger partial charge in [0.2, 0.25) is 0 Å². The first-order valence-corrected chi connectivity index (χ1v) is 5.90. The quantitative estimate of drug-likeness (QED) is 0.581. The largest absolute Gasteiger partial charge is 0.492 e. The number of alkyl halides is 3. The first-order valence-electron chi connectivity index (χ1n) is 5.11. The predicted octanol–water partition coefficient (Wildman–Crippen LogP) is 3.94. The van der Waals surface area contributed by atoms with Gasteiger partial charge in [0.25, 0.3) is 0 Å². The topological polar surface area (TPSA) is 18.5 Å². The summed E-state index contributed by atoms with van der Waals surface area (Å²) in [5, 5.41) is 0. The lowest BCUT2D eigenvalue weighted by atomic mass is 10.3. The van der Waals surface area contributed by atoms with Crippen LogP contribution >= 0.6 is 15.9 Å². The van der Waals surface area contributed by atoms with Gasteiger partial charge in [-0.05, 0) is 28.1 Å².